The summed E-state index contributed by atoms with van der Waals surface area (Å²) >= 11 is 0. The van der Waals surface area contributed by atoms with Gasteiger partial charge in [-0.25, -0.2) is 9.18 Å². The fraction of sp³-hybridized carbons (Fsp3) is 0.611. The molecule has 5 nitrogen and oxygen atoms in total. The van der Waals surface area contributed by atoms with Gasteiger partial charge in [-0.15, -0.1) is 0 Å². The zero-order valence-electron chi connectivity index (χ0n) is 15.5. The molecule has 1 aliphatic heterocycles. The topological polar surface area (TPSA) is 59.6 Å². The van der Waals surface area contributed by atoms with Crippen LogP contribution in [0.15, 0.2) is 18.2 Å². The molecule has 1 aromatic carbocycles. The maximum atomic E-state index is 13.8. The first-order valence-corrected chi connectivity index (χ1v) is 8.78. The Hall–Kier alpha value is -1.60. The highest BCUT2D eigenvalue weighted by Gasteiger charge is 2.57. The van der Waals surface area contributed by atoms with E-state index < -0.39 is 11.8 Å². The predicted molar refractivity (Wildman–Crippen MR) is 96.1 cm³/mol. The summed E-state index contributed by atoms with van der Waals surface area (Å²) in [5.74, 6) is -0.342. The van der Waals surface area contributed by atoms with E-state index in [0.717, 1.165) is 18.4 Å². The molecule has 3 rings (SSSR count). The fourth-order valence-electron chi connectivity index (χ4n) is 3.16. The second-order valence-electron chi connectivity index (χ2n) is 8.05. The van der Waals surface area contributed by atoms with Gasteiger partial charge in [0, 0.05) is 11.9 Å². The van der Waals surface area contributed by atoms with E-state index in [1.54, 1.807) is 12.1 Å². The maximum absolute atomic E-state index is 13.8. The van der Waals surface area contributed by atoms with Crippen molar-refractivity contribution >= 4 is 18.8 Å². The molecule has 2 aliphatic rings. The lowest BCUT2D eigenvalue weighted by Crippen LogP contribution is -2.51. The monoisotopic (exact) mass is 348 g/mol. The summed E-state index contributed by atoms with van der Waals surface area (Å²) < 4.78 is 25.9. The van der Waals surface area contributed by atoms with Gasteiger partial charge < -0.3 is 19.9 Å². The molecule has 0 aromatic heterocycles. The number of anilines is 1. The zero-order valence-corrected chi connectivity index (χ0v) is 15.5. The highest BCUT2D eigenvalue weighted by molar-refractivity contribution is 6.48. The first-order valence-electron chi connectivity index (χ1n) is 8.78. The number of halogens is 1. The van der Waals surface area contributed by atoms with Gasteiger partial charge in [0.15, 0.2) is 0 Å². The van der Waals surface area contributed by atoms with Crippen LogP contribution >= 0.6 is 0 Å². The molecule has 0 bridgehead atoms. The van der Waals surface area contributed by atoms with E-state index in [9.17, 15) is 9.18 Å². The fourth-order valence-corrected chi connectivity index (χ4v) is 3.16. The molecule has 136 valence electrons. The Bertz CT molecular complexity index is 664. The minimum Gasteiger partial charge on any atom is -0.403 e. The van der Waals surface area contributed by atoms with Crippen molar-refractivity contribution in [2.75, 3.05) is 5.32 Å². The molecular formula is C18H26BFN2O3. The predicted octanol–water partition coefficient (Wildman–Crippen LogP) is 3.88. The van der Waals surface area contributed by atoms with Crippen LogP contribution in [-0.4, -0.2) is 30.4 Å². The van der Waals surface area contributed by atoms with Gasteiger partial charge in [0.2, 0.25) is 0 Å². The Morgan fingerprint density at radius 2 is 1.84 bits per heavy atom. The molecule has 2 fully saturated rings. The molecule has 2 N–H and O–H groups in total. The van der Waals surface area contributed by atoms with Gasteiger partial charge in [-0.2, -0.15) is 0 Å². The first kappa shape index (κ1) is 18.2. The molecule has 1 heterocycles. The summed E-state index contributed by atoms with van der Waals surface area (Å²) in [6.45, 7) is 9.91. The molecule has 1 aliphatic carbocycles. The van der Waals surface area contributed by atoms with Crippen LogP contribution in [0.1, 0.15) is 46.1 Å². The quantitative estimate of drug-likeness (QED) is 0.815. The molecular weight excluding hydrogens is 322 g/mol. The van der Waals surface area contributed by atoms with Crippen LogP contribution in [0.4, 0.5) is 14.9 Å². The van der Waals surface area contributed by atoms with Crippen LogP contribution in [0.25, 0.3) is 0 Å². The Morgan fingerprint density at radius 1 is 1.20 bits per heavy atom. The number of hydrogen-bond acceptors (Lipinski definition) is 3. The van der Waals surface area contributed by atoms with Crippen molar-refractivity contribution in [3.63, 3.8) is 0 Å². The third-order valence-corrected chi connectivity index (χ3v) is 5.64. The first-order chi connectivity index (χ1) is 11.6. The van der Waals surface area contributed by atoms with Crippen LogP contribution in [-0.2, 0) is 9.31 Å². The average molecular weight is 348 g/mol. The number of amides is 2. The van der Waals surface area contributed by atoms with E-state index in [1.807, 2.05) is 34.6 Å². The lowest BCUT2D eigenvalue weighted by Gasteiger charge is -2.38. The van der Waals surface area contributed by atoms with Gasteiger partial charge in [0.1, 0.15) is 5.82 Å². The van der Waals surface area contributed by atoms with E-state index >= 15 is 0 Å². The molecule has 1 unspecified atom stereocenters. The van der Waals surface area contributed by atoms with Crippen LogP contribution < -0.4 is 10.6 Å². The van der Waals surface area contributed by atoms with Crippen LogP contribution in [0.2, 0.25) is 5.82 Å². The van der Waals surface area contributed by atoms with Gasteiger partial charge in [0.05, 0.1) is 16.9 Å². The van der Waals surface area contributed by atoms with Crippen LogP contribution in [0.3, 0.4) is 0 Å². The standard InChI is InChI=1S/C18H26BFN2O3/c1-11-6-8-13(20)15(10-11)22-16(23)21-14-9-7-12(14)19-24-17(2,3)18(4,5)25-19/h6,8,10,12,14H,7,9H2,1-5H3,(H2,21,22,23)/t12-,14?/m0/s1. The van der Waals surface area contributed by atoms with Gasteiger partial charge in [-0.1, -0.05) is 6.07 Å². The van der Waals surface area contributed by atoms with Gasteiger partial charge in [0.25, 0.3) is 0 Å². The van der Waals surface area contributed by atoms with Crippen molar-refractivity contribution in [3.8, 4) is 0 Å². The summed E-state index contributed by atoms with van der Waals surface area (Å²) in [5.41, 5.74) is 0.301. The summed E-state index contributed by atoms with van der Waals surface area (Å²) in [6.07, 6.45) is 1.79. The average Bonchev–Trinajstić information content (AvgIpc) is 2.67. The number of carbonyl (C=O) groups excluding carboxylic acids is 1. The Morgan fingerprint density at radius 3 is 2.40 bits per heavy atom. The number of carbonyl (C=O) groups is 1. The lowest BCUT2D eigenvalue weighted by atomic mass is 9.57. The third kappa shape index (κ3) is 3.53. The molecule has 2 amide bonds. The zero-order chi connectivity index (χ0) is 18.4. The molecule has 25 heavy (non-hydrogen) atoms. The molecule has 0 spiro atoms. The summed E-state index contributed by atoms with van der Waals surface area (Å²) in [7, 11) is -0.334. The van der Waals surface area contributed by atoms with Crippen LogP contribution in [0.5, 0.6) is 0 Å². The number of benzene rings is 1. The second kappa shape index (κ2) is 6.29. The smallest absolute Gasteiger partial charge is 0.403 e. The number of hydrogen-bond donors (Lipinski definition) is 2. The summed E-state index contributed by atoms with van der Waals surface area (Å²) in [6, 6.07) is 4.18. The summed E-state index contributed by atoms with van der Waals surface area (Å²) in [5, 5.41) is 5.50. The molecule has 1 aromatic rings. The van der Waals surface area contributed by atoms with E-state index in [2.05, 4.69) is 10.6 Å². The van der Waals surface area contributed by atoms with E-state index in [0.29, 0.717) is 0 Å². The minimum absolute atomic E-state index is 0.0393. The maximum Gasteiger partial charge on any atom is 0.463 e. The Balaban J connectivity index is 1.59. The van der Waals surface area contributed by atoms with Crippen molar-refractivity contribution in [2.24, 2.45) is 0 Å². The molecule has 1 saturated carbocycles. The van der Waals surface area contributed by atoms with Crippen molar-refractivity contribution in [1.29, 1.82) is 0 Å². The van der Waals surface area contributed by atoms with Crippen molar-refractivity contribution in [3.05, 3.63) is 29.6 Å². The SMILES string of the molecule is Cc1ccc(F)c(NC(=O)NC2CC[C@@H]2B2OC(C)(C)C(C)(C)O2)c1. The Kier molecular flexibility index (Phi) is 4.58. The lowest BCUT2D eigenvalue weighted by molar-refractivity contribution is 0.00578. The minimum atomic E-state index is -0.447. The highest BCUT2D eigenvalue weighted by Crippen LogP contribution is 2.46. The van der Waals surface area contributed by atoms with Crippen molar-refractivity contribution in [2.45, 2.75) is 70.5 Å². The molecule has 2 atom stereocenters. The van der Waals surface area contributed by atoms with Gasteiger partial charge >= 0.3 is 13.1 Å². The molecule has 1 saturated heterocycles. The number of nitrogens with one attached hydrogen (secondary N) is 2. The van der Waals surface area contributed by atoms with Crippen LogP contribution in [0, 0.1) is 12.7 Å². The van der Waals surface area contributed by atoms with Crippen molar-refractivity contribution < 1.29 is 18.5 Å². The largest absolute Gasteiger partial charge is 0.463 e. The van der Waals surface area contributed by atoms with E-state index in [4.69, 9.17) is 9.31 Å². The molecule has 7 heteroatoms. The highest BCUT2D eigenvalue weighted by atomic mass is 19.1. The number of urea groups is 1. The number of aryl methyl sites for hydroxylation is 1. The van der Waals surface area contributed by atoms with Gasteiger partial charge in [-0.3, -0.25) is 0 Å². The normalized spacial score (nSPS) is 26.9. The van der Waals surface area contributed by atoms with Gasteiger partial charge in [-0.05, 0) is 65.2 Å². The summed E-state index contributed by atoms with van der Waals surface area (Å²) in [4.78, 5) is 12.2. The molecule has 0 radical (unpaired) electrons. The van der Waals surface area contributed by atoms with E-state index in [1.165, 1.54) is 6.07 Å². The second-order valence-corrected chi connectivity index (χ2v) is 8.05. The van der Waals surface area contributed by atoms with E-state index in [-0.39, 0.29) is 35.9 Å². The van der Waals surface area contributed by atoms with Crippen molar-refractivity contribution in [1.82, 2.24) is 5.32 Å². The number of rotatable bonds is 3. The Labute approximate surface area is 148 Å². The third-order valence-electron chi connectivity index (χ3n) is 5.64.